The Bertz CT molecular complexity index is 646. The predicted molar refractivity (Wildman–Crippen MR) is 90.1 cm³/mol. The number of alkyl halides is 1. The summed E-state index contributed by atoms with van der Waals surface area (Å²) in [4.78, 5) is 0. The third kappa shape index (κ3) is 3.10. The number of hydrogen-bond donors (Lipinski definition) is 1. The van der Waals surface area contributed by atoms with E-state index in [0.29, 0.717) is 0 Å². The fraction of sp³-hybridized carbons (Fsp3) is 0.294. The lowest BCUT2D eigenvalue weighted by atomic mass is 10.1. The lowest BCUT2D eigenvalue weighted by Gasteiger charge is -2.18. The van der Waals surface area contributed by atoms with Crippen molar-refractivity contribution >= 4 is 27.5 Å². The van der Waals surface area contributed by atoms with Crippen molar-refractivity contribution in [2.24, 2.45) is 0 Å². The molecule has 2 aromatic carbocycles. The van der Waals surface area contributed by atoms with Gasteiger partial charge in [0.1, 0.15) is 5.75 Å². The van der Waals surface area contributed by atoms with Gasteiger partial charge in [-0.25, -0.2) is 0 Å². The molecule has 1 aliphatic rings. The molecule has 110 valence electrons. The summed E-state index contributed by atoms with van der Waals surface area (Å²) in [6.07, 6.45) is 0.925. The van der Waals surface area contributed by atoms with Crippen LogP contribution >= 0.6 is 27.5 Å². The average molecular weight is 367 g/mol. The Morgan fingerprint density at radius 2 is 2.10 bits per heavy atom. The van der Waals surface area contributed by atoms with Gasteiger partial charge in [0, 0.05) is 17.1 Å². The van der Waals surface area contributed by atoms with Crippen molar-refractivity contribution in [3.63, 3.8) is 0 Å². The topological polar surface area (TPSA) is 21.3 Å². The van der Waals surface area contributed by atoms with Crippen molar-refractivity contribution in [1.29, 1.82) is 0 Å². The maximum Gasteiger partial charge on any atom is 0.119 e. The predicted octanol–water partition coefficient (Wildman–Crippen LogP) is 4.45. The minimum absolute atomic E-state index is 0.104. The van der Waals surface area contributed by atoms with Crippen LogP contribution in [-0.2, 0) is 13.0 Å². The van der Waals surface area contributed by atoms with Gasteiger partial charge in [-0.15, -0.1) is 11.6 Å². The van der Waals surface area contributed by atoms with Crippen molar-refractivity contribution in [2.45, 2.75) is 24.4 Å². The van der Waals surface area contributed by atoms with E-state index in [9.17, 15) is 0 Å². The minimum Gasteiger partial charge on any atom is -0.497 e. The molecule has 0 aliphatic heterocycles. The Labute approximate surface area is 138 Å². The molecule has 0 spiro atoms. The molecule has 1 N–H and O–H groups in total. The first kappa shape index (κ1) is 14.9. The van der Waals surface area contributed by atoms with Crippen molar-refractivity contribution in [3.8, 4) is 5.75 Å². The number of fused-ring (bicyclic) bond motifs is 1. The first-order valence-electron chi connectivity index (χ1n) is 6.96. The van der Waals surface area contributed by atoms with Crippen LogP contribution in [0.4, 0.5) is 0 Å². The molecule has 0 saturated heterocycles. The van der Waals surface area contributed by atoms with Gasteiger partial charge in [0.15, 0.2) is 0 Å². The zero-order valence-electron chi connectivity index (χ0n) is 11.8. The van der Waals surface area contributed by atoms with Crippen LogP contribution in [0.2, 0.25) is 0 Å². The van der Waals surface area contributed by atoms with E-state index in [4.69, 9.17) is 16.3 Å². The van der Waals surface area contributed by atoms with E-state index in [0.717, 1.165) is 23.2 Å². The van der Waals surface area contributed by atoms with Crippen LogP contribution in [0, 0.1) is 0 Å². The normalized spacial score (nSPS) is 20.3. The van der Waals surface area contributed by atoms with Gasteiger partial charge in [-0.1, -0.05) is 40.2 Å². The zero-order valence-corrected chi connectivity index (χ0v) is 14.1. The lowest BCUT2D eigenvalue weighted by Crippen LogP contribution is -2.25. The first-order valence-corrected chi connectivity index (χ1v) is 8.19. The minimum atomic E-state index is 0.104. The van der Waals surface area contributed by atoms with E-state index >= 15 is 0 Å². The number of benzene rings is 2. The maximum atomic E-state index is 6.51. The number of nitrogens with one attached hydrogen (secondary N) is 1. The molecule has 2 unspecified atom stereocenters. The molecular weight excluding hydrogens is 350 g/mol. The van der Waals surface area contributed by atoms with E-state index in [1.807, 2.05) is 18.2 Å². The summed E-state index contributed by atoms with van der Waals surface area (Å²) in [5, 5.41) is 3.68. The number of rotatable bonds is 4. The van der Waals surface area contributed by atoms with E-state index in [1.54, 1.807) is 7.11 Å². The summed E-state index contributed by atoms with van der Waals surface area (Å²) in [6, 6.07) is 14.7. The second-order valence-electron chi connectivity index (χ2n) is 5.23. The Morgan fingerprint density at radius 3 is 2.90 bits per heavy atom. The Balaban J connectivity index is 1.76. The van der Waals surface area contributed by atoms with Gasteiger partial charge < -0.3 is 10.1 Å². The number of methoxy groups -OCH3 is 1. The average Bonchev–Trinajstić information content (AvgIpc) is 2.82. The van der Waals surface area contributed by atoms with Gasteiger partial charge in [-0.05, 0) is 41.3 Å². The summed E-state index contributed by atoms with van der Waals surface area (Å²) >= 11 is 10.1. The standard InChI is InChI=1S/C17H17BrClNO/c1-21-13-6-7-15(18)12(8-13)10-20-17-14-5-3-2-4-11(14)9-16(17)19/h2-8,16-17,20H,9-10H2,1H3. The van der Waals surface area contributed by atoms with Crippen LogP contribution in [0.15, 0.2) is 46.9 Å². The highest BCUT2D eigenvalue weighted by Gasteiger charge is 2.30. The third-order valence-electron chi connectivity index (χ3n) is 3.93. The van der Waals surface area contributed by atoms with Crippen molar-refractivity contribution in [3.05, 3.63) is 63.6 Å². The summed E-state index contributed by atoms with van der Waals surface area (Å²) in [6.45, 7) is 0.750. The monoisotopic (exact) mass is 365 g/mol. The molecule has 3 rings (SSSR count). The van der Waals surface area contributed by atoms with Gasteiger partial charge in [0.25, 0.3) is 0 Å². The van der Waals surface area contributed by atoms with Crippen molar-refractivity contribution in [2.75, 3.05) is 7.11 Å². The van der Waals surface area contributed by atoms with Crippen LogP contribution in [0.5, 0.6) is 5.75 Å². The van der Waals surface area contributed by atoms with Crippen LogP contribution in [0.25, 0.3) is 0 Å². The van der Waals surface area contributed by atoms with Crippen LogP contribution < -0.4 is 10.1 Å². The molecule has 0 aromatic heterocycles. The molecule has 4 heteroatoms. The molecule has 0 heterocycles. The number of hydrogen-bond acceptors (Lipinski definition) is 2. The summed E-state index contributed by atoms with van der Waals surface area (Å²) in [5.74, 6) is 0.865. The zero-order chi connectivity index (χ0) is 14.8. The molecule has 0 amide bonds. The molecule has 0 saturated carbocycles. The fourth-order valence-electron chi connectivity index (χ4n) is 2.82. The van der Waals surface area contributed by atoms with Gasteiger partial charge in [0.2, 0.25) is 0 Å². The van der Waals surface area contributed by atoms with Gasteiger partial charge >= 0.3 is 0 Å². The van der Waals surface area contributed by atoms with Gasteiger partial charge in [0.05, 0.1) is 12.5 Å². The number of ether oxygens (including phenoxy) is 1. The highest BCUT2D eigenvalue weighted by molar-refractivity contribution is 9.10. The highest BCUT2D eigenvalue weighted by Crippen LogP contribution is 2.35. The van der Waals surface area contributed by atoms with Gasteiger partial charge in [-0.3, -0.25) is 0 Å². The second-order valence-corrected chi connectivity index (χ2v) is 6.65. The number of halogens is 2. The van der Waals surface area contributed by atoms with E-state index in [-0.39, 0.29) is 11.4 Å². The van der Waals surface area contributed by atoms with Crippen molar-refractivity contribution in [1.82, 2.24) is 5.32 Å². The molecule has 0 fully saturated rings. The summed E-state index contributed by atoms with van der Waals surface area (Å²) < 4.78 is 6.36. The molecule has 1 aliphatic carbocycles. The SMILES string of the molecule is COc1ccc(Br)c(CNC2c3ccccc3CC2Cl)c1. The fourth-order valence-corrected chi connectivity index (χ4v) is 3.60. The summed E-state index contributed by atoms with van der Waals surface area (Å²) in [7, 11) is 1.68. The first-order chi connectivity index (χ1) is 10.2. The highest BCUT2D eigenvalue weighted by atomic mass is 79.9. The van der Waals surface area contributed by atoms with Gasteiger partial charge in [-0.2, -0.15) is 0 Å². The molecule has 0 radical (unpaired) electrons. The largest absolute Gasteiger partial charge is 0.497 e. The maximum absolute atomic E-state index is 6.51. The molecule has 2 atom stereocenters. The quantitative estimate of drug-likeness (QED) is 0.807. The van der Waals surface area contributed by atoms with Crippen molar-refractivity contribution < 1.29 is 4.74 Å². The Hall–Kier alpha value is -1.03. The second kappa shape index (κ2) is 6.39. The van der Waals surface area contributed by atoms with Crippen LogP contribution in [-0.4, -0.2) is 12.5 Å². The molecule has 21 heavy (non-hydrogen) atoms. The van der Waals surface area contributed by atoms with Crippen LogP contribution in [0.1, 0.15) is 22.7 Å². The Kier molecular flexibility index (Phi) is 4.53. The molecule has 0 bridgehead atoms. The molecule has 2 aromatic rings. The van der Waals surface area contributed by atoms with E-state index in [2.05, 4.69) is 45.5 Å². The van der Waals surface area contributed by atoms with Crippen LogP contribution in [0.3, 0.4) is 0 Å². The van der Waals surface area contributed by atoms with E-state index < -0.39 is 0 Å². The van der Waals surface area contributed by atoms with E-state index in [1.165, 1.54) is 16.7 Å². The Morgan fingerprint density at radius 1 is 1.29 bits per heavy atom. The summed E-state index contributed by atoms with van der Waals surface area (Å²) in [5.41, 5.74) is 3.83. The third-order valence-corrected chi connectivity index (χ3v) is 5.11. The molecule has 2 nitrogen and oxygen atoms in total. The smallest absolute Gasteiger partial charge is 0.119 e. The molecular formula is C17H17BrClNO. The lowest BCUT2D eigenvalue weighted by molar-refractivity contribution is 0.413.